The molecule has 0 spiro atoms. The quantitative estimate of drug-likeness (QED) is 0.836. The van der Waals surface area contributed by atoms with Gasteiger partial charge in [0.1, 0.15) is 0 Å². The van der Waals surface area contributed by atoms with Gasteiger partial charge in [0.25, 0.3) is 0 Å². The molecule has 0 bridgehead atoms. The van der Waals surface area contributed by atoms with Gasteiger partial charge in [0.15, 0.2) is 0 Å². The van der Waals surface area contributed by atoms with E-state index >= 15 is 0 Å². The molecule has 1 fully saturated rings. The Kier molecular flexibility index (Phi) is 4.66. The Morgan fingerprint density at radius 3 is 2.48 bits per heavy atom. The van der Waals surface area contributed by atoms with Crippen molar-refractivity contribution in [1.82, 2.24) is 0 Å². The van der Waals surface area contributed by atoms with Crippen LogP contribution in [0.15, 0.2) is 41.3 Å². The van der Waals surface area contributed by atoms with Crippen molar-refractivity contribution in [3.63, 3.8) is 0 Å². The third-order valence-corrected chi connectivity index (χ3v) is 5.53. The highest BCUT2D eigenvalue weighted by Crippen LogP contribution is 2.35. The van der Waals surface area contributed by atoms with Gasteiger partial charge in [0, 0.05) is 21.9 Å². The first-order valence-corrected chi connectivity index (χ1v) is 8.60. The zero-order valence-corrected chi connectivity index (χ0v) is 12.9. The minimum absolute atomic E-state index is 0.0194. The minimum atomic E-state index is -0.0902. The minimum Gasteiger partial charge on any atom is -0.326 e. The molecule has 2 aliphatic rings. The van der Waals surface area contributed by atoms with E-state index in [1.807, 2.05) is 36.0 Å². The summed E-state index contributed by atoms with van der Waals surface area (Å²) in [6, 6.07) is 8.22. The SMILES string of the molecule is NC1C=CC(C(=O)Nc2ccc(SC3CCCC3)cc2)C1. The van der Waals surface area contributed by atoms with Crippen molar-refractivity contribution in [1.29, 1.82) is 0 Å². The molecule has 112 valence electrons. The van der Waals surface area contributed by atoms with Crippen molar-refractivity contribution >= 4 is 23.4 Å². The largest absolute Gasteiger partial charge is 0.326 e. The predicted octanol–water partition coefficient (Wildman–Crippen LogP) is 3.56. The van der Waals surface area contributed by atoms with E-state index in [1.54, 1.807) is 0 Å². The number of carbonyl (C=O) groups is 1. The van der Waals surface area contributed by atoms with Gasteiger partial charge in [0.05, 0.1) is 5.92 Å². The van der Waals surface area contributed by atoms with Gasteiger partial charge in [0.2, 0.25) is 5.91 Å². The van der Waals surface area contributed by atoms with E-state index in [2.05, 4.69) is 17.4 Å². The monoisotopic (exact) mass is 302 g/mol. The van der Waals surface area contributed by atoms with E-state index in [0.717, 1.165) is 10.9 Å². The van der Waals surface area contributed by atoms with Crippen LogP contribution in [-0.2, 0) is 4.79 Å². The van der Waals surface area contributed by atoms with E-state index in [1.165, 1.54) is 30.6 Å². The topological polar surface area (TPSA) is 55.1 Å². The number of benzene rings is 1. The zero-order valence-electron chi connectivity index (χ0n) is 12.1. The summed E-state index contributed by atoms with van der Waals surface area (Å²) in [6.45, 7) is 0. The highest BCUT2D eigenvalue weighted by atomic mass is 32.2. The molecule has 21 heavy (non-hydrogen) atoms. The molecule has 1 aromatic rings. The number of nitrogens with one attached hydrogen (secondary N) is 1. The lowest BCUT2D eigenvalue weighted by molar-refractivity contribution is -0.118. The maximum absolute atomic E-state index is 12.1. The second kappa shape index (κ2) is 6.67. The fourth-order valence-corrected chi connectivity index (χ4v) is 4.22. The molecule has 0 aromatic heterocycles. The van der Waals surface area contributed by atoms with Crippen LogP contribution in [-0.4, -0.2) is 17.2 Å². The Labute approximate surface area is 130 Å². The molecular weight excluding hydrogens is 280 g/mol. The van der Waals surface area contributed by atoms with Gasteiger partial charge in [-0.3, -0.25) is 4.79 Å². The summed E-state index contributed by atoms with van der Waals surface area (Å²) in [5, 5.41) is 3.74. The average Bonchev–Trinajstić information content (AvgIpc) is 3.12. The van der Waals surface area contributed by atoms with Crippen LogP contribution in [0.25, 0.3) is 0 Å². The van der Waals surface area contributed by atoms with Crippen LogP contribution in [0.2, 0.25) is 0 Å². The van der Waals surface area contributed by atoms with Gasteiger partial charge in [-0.05, 0) is 43.5 Å². The highest BCUT2D eigenvalue weighted by molar-refractivity contribution is 8.00. The van der Waals surface area contributed by atoms with Crippen LogP contribution in [0.5, 0.6) is 0 Å². The Hall–Kier alpha value is -1.26. The number of hydrogen-bond donors (Lipinski definition) is 2. The van der Waals surface area contributed by atoms with Gasteiger partial charge in [-0.25, -0.2) is 0 Å². The lowest BCUT2D eigenvalue weighted by Crippen LogP contribution is -2.23. The first kappa shape index (κ1) is 14.7. The molecule has 2 unspecified atom stereocenters. The summed E-state index contributed by atoms with van der Waals surface area (Å²) in [5.74, 6) is -0.0528. The van der Waals surface area contributed by atoms with Crippen molar-refractivity contribution in [2.24, 2.45) is 11.7 Å². The van der Waals surface area contributed by atoms with Crippen LogP contribution in [0.4, 0.5) is 5.69 Å². The molecular formula is C17H22N2OS. The number of carbonyl (C=O) groups excluding carboxylic acids is 1. The number of rotatable bonds is 4. The fraction of sp³-hybridized carbons (Fsp3) is 0.471. The van der Waals surface area contributed by atoms with Gasteiger partial charge in [-0.15, -0.1) is 11.8 Å². The van der Waals surface area contributed by atoms with Crippen molar-refractivity contribution in [3.8, 4) is 0 Å². The maximum Gasteiger partial charge on any atom is 0.231 e. The second-order valence-corrected chi connectivity index (χ2v) is 7.30. The molecule has 4 heteroatoms. The third-order valence-electron chi connectivity index (χ3n) is 4.18. The summed E-state index contributed by atoms with van der Waals surface area (Å²) in [4.78, 5) is 13.4. The lowest BCUT2D eigenvalue weighted by atomic mass is 10.1. The van der Waals surface area contributed by atoms with Gasteiger partial charge < -0.3 is 11.1 Å². The van der Waals surface area contributed by atoms with E-state index in [9.17, 15) is 4.79 Å². The number of amides is 1. The third kappa shape index (κ3) is 3.89. The van der Waals surface area contributed by atoms with E-state index < -0.39 is 0 Å². The molecule has 2 atom stereocenters. The van der Waals surface area contributed by atoms with Crippen LogP contribution in [0, 0.1) is 5.92 Å². The first-order chi connectivity index (χ1) is 10.2. The average molecular weight is 302 g/mol. The fourth-order valence-electron chi connectivity index (χ4n) is 2.97. The normalized spacial score (nSPS) is 25.4. The van der Waals surface area contributed by atoms with Crippen LogP contribution >= 0.6 is 11.8 Å². The van der Waals surface area contributed by atoms with Crippen molar-refractivity contribution < 1.29 is 4.79 Å². The van der Waals surface area contributed by atoms with E-state index in [4.69, 9.17) is 5.73 Å². The number of nitrogens with two attached hydrogens (primary N) is 1. The lowest BCUT2D eigenvalue weighted by Gasteiger charge is -2.12. The van der Waals surface area contributed by atoms with E-state index in [-0.39, 0.29) is 17.9 Å². The summed E-state index contributed by atoms with van der Waals surface area (Å²) in [7, 11) is 0. The summed E-state index contributed by atoms with van der Waals surface area (Å²) >= 11 is 1.96. The zero-order chi connectivity index (χ0) is 14.7. The summed E-state index contributed by atoms with van der Waals surface area (Å²) < 4.78 is 0. The van der Waals surface area contributed by atoms with Crippen LogP contribution < -0.4 is 11.1 Å². The Bertz CT molecular complexity index is 520. The molecule has 0 saturated heterocycles. The van der Waals surface area contributed by atoms with E-state index in [0.29, 0.717) is 6.42 Å². The van der Waals surface area contributed by atoms with Gasteiger partial charge in [-0.1, -0.05) is 25.0 Å². The summed E-state index contributed by atoms with van der Waals surface area (Å²) in [6.07, 6.45) is 9.91. The van der Waals surface area contributed by atoms with Crippen molar-refractivity contribution in [2.45, 2.75) is 48.3 Å². The molecule has 3 rings (SSSR count). The standard InChI is InChI=1S/C17H22N2OS/c18-13-6-5-12(11-13)17(20)19-14-7-9-16(10-8-14)21-15-3-1-2-4-15/h5-10,12-13,15H,1-4,11,18H2,(H,19,20). The maximum atomic E-state index is 12.1. The Morgan fingerprint density at radius 2 is 1.86 bits per heavy atom. The Morgan fingerprint density at radius 1 is 1.14 bits per heavy atom. The second-order valence-electron chi connectivity index (χ2n) is 5.93. The molecule has 3 nitrogen and oxygen atoms in total. The van der Waals surface area contributed by atoms with Gasteiger partial charge >= 0.3 is 0 Å². The Balaban J connectivity index is 1.54. The number of thioether (sulfide) groups is 1. The van der Waals surface area contributed by atoms with Crippen molar-refractivity contribution in [2.75, 3.05) is 5.32 Å². The number of hydrogen-bond acceptors (Lipinski definition) is 3. The van der Waals surface area contributed by atoms with Crippen LogP contribution in [0.1, 0.15) is 32.1 Å². The first-order valence-electron chi connectivity index (χ1n) is 7.72. The predicted molar refractivity (Wildman–Crippen MR) is 88.4 cm³/mol. The molecule has 3 N–H and O–H groups in total. The molecule has 1 saturated carbocycles. The van der Waals surface area contributed by atoms with Crippen molar-refractivity contribution in [3.05, 3.63) is 36.4 Å². The molecule has 0 radical (unpaired) electrons. The molecule has 2 aliphatic carbocycles. The molecule has 0 heterocycles. The highest BCUT2D eigenvalue weighted by Gasteiger charge is 2.22. The number of anilines is 1. The van der Waals surface area contributed by atoms with Crippen LogP contribution in [0.3, 0.4) is 0 Å². The molecule has 0 aliphatic heterocycles. The smallest absolute Gasteiger partial charge is 0.231 e. The van der Waals surface area contributed by atoms with Gasteiger partial charge in [-0.2, -0.15) is 0 Å². The molecule has 1 aromatic carbocycles. The summed E-state index contributed by atoms with van der Waals surface area (Å²) in [5.41, 5.74) is 6.65. The molecule has 1 amide bonds.